The zero-order chi connectivity index (χ0) is 15.3. The molecule has 0 atom stereocenters. The minimum atomic E-state index is -0.882. The molecule has 0 unspecified atom stereocenters. The van der Waals surface area contributed by atoms with E-state index < -0.39 is 11.4 Å². The summed E-state index contributed by atoms with van der Waals surface area (Å²) in [7, 11) is 0. The summed E-state index contributed by atoms with van der Waals surface area (Å²) in [6, 6.07) is -0.268. The maximum absolute atomic E-state index is 11.9. The molecule has 1 aliphatic carbocycles. The van der Waals surface area contributed by atoms with Crippen molar-refractivity contribution in [2.45, 2.75) is 45.4 Å². The van der Waals surface area contributed by atoms with Crippen molar-refractivity contribution in [2.24, 2.45) is 10.8 Å². The molecule has 1 heterocycles. The summed E-state index contributed by atoms with van der Waals surface area (Å²) in [6.07, 6.45) is 5.62. The van der Waals surface area contributed by atoms with Crippen LogP contribution in [0.1, 0.15) is 45.4 Å². The molecule has 3 N–H and O–H groups in total. The van der Waals surface area contributed by atoms with E-state index in [1.165, 1.54) is 12.8 Å². The van der Waals surface area contributed by atoms with Gasteiger partial charge in [0.05, 0.1) is 5.41 Å². The van der Waals surface area contributed by atoms with E-state index in [9.17, 15) is 14.7 Å². The number of aliphatic carboxylic acids is 1. The highest BCUT2D eigenvalue weighted by atomic mass is 16.5. The van der Waals surface area contributed by atoms with Crippen LogP contribution in [0.25, 0.3) is 0 Å². The zero-order valence-electron chi connectivity index (χ0n) is 12.7. The fourth-order valence-electron chi connectivity index (χ4n) is 3.24. The third kappa shape index (κ3) is 4.09. The highest BCUT2D eigenvalue weighted by molar-refractivity contribution is 5.78. The van der Waals surface area contributed by atoms with Crippen LogP contribution in [0.2, 0.25) is 0 Å². The number of carbonyl (C=O) groups excluding carboxylic acids is 1. The first kappa shape index (κ1) is 16.1. The average molecular weight is 298 g/mol. The Morgan fingerprint density at radius 3 is 2.19 bits per heavy atom. The summed E-state index contributed by atoms with van der Waals surface area (Å²) in [5, 5.41) is 15.0. The molecule has 2 aliphatic rings. The number of hydrogen-bond donors (Lipinski definition) is 3. The lowest BCUT2D eigenvalue weighted by Crippen LogP contribution is -2.49. The third-order valence-corrected chi connectivity index (χ3v) is 4.98. The fourth-order valence-corrected chi connectivity index (χ4v) is 3.24. The van der Waals surface area contributed by atoms with Crippen LogP contribution >= 0.6 is 0 Å². The predicted molar refractivity (Wildman–Crippen MR) is 78.1 cm³/mol. The van der Waals surface area contributed by atoms with Crippen LogP contribution in [-0.4, -0.2) is 43.4 Å². The quantitative estimate of drug-likeness (QED) is 0.721. The predicted octanol–water partition coefficient (Wildman–Crippen LogP) is 1.75. The number of carboxylic acids is 1. The molecule has 1 aliphatic heterocycles. The fraction of sp³-hybridized carbons (Fsp3) is 0.867. The Bertz CT molecular complexity index is 385. The van der Waals surface area contributed by atoms with Gasteiger partial charge in [0, 0.05) is 26.3 Å². The van der Waals surface area contributed by atoms with Gasteiger partial charge in [-0.25, -0.2) is 4.79 Å². The molecule has 0 bridgehead atoms. The summed E-state index contributed by atoms with van der Waals surface area (Å²) in [6.45, 7) is 3.88. The van der Waals surface area contributed by atoms with Crippen molar-refractivity contribution in [3.8, 4) is 0 Å². The van der Waals surface area contributed by atoms with Crippen LogP contribution in [0.4, 0.5) is 4.79 Å². The van der Waals surface area contributed by atoms with Crippen LogP contribution in [0.15, 0.2) is 0 Å². The van der Waals surface area contributed by atoms with Crippen molar-refractivity contribution in [3.05, 3.63) is 0 Å². The largest absolute Gasteiger partial charge is 0.481 e. The second-order valence-electron chi connectivity index (χ2n) is 6.75. The average Bonchev–Trinajstić information content (AvgIpc) is 2.91. The first-order valence-electron chi connectivity index (χ1n) is 7.79. The highest BCUT2D eigenvalue weighted by Gasteiger charge is 2.40. The summed E-state index contributed by atoms with van der Waals surface area (Å²) in [5.41, 5.74) is -0.687. The topological polar surface area (TPSA) is 87.7 Å². The van der Waals surface area contributed by atoms with Gasteiger partial charge >= 0.3 is 12.0 Å². The molecule has 0 radical (unpaired) electrons. The van der Waals surface area contributed by atoms with E-state index in [1.54, 1.807) is 0 Å². The van der Waals surface area contributed by atoms with Crippen molar-refractivity contribution in [3.63, 3.8) is 0 Å². The molecular formula is C15H26N2O4. The Morgan fingerprint density at radius 1 is 1.05 bits per heavy atom. The Morgan fingerprint density at radius 2 is 1.62 bits per heavy atom. The molecule has 0 aromatic carbocycles. The summed E-state index contributed by atoms with van der Waals surface area (Å²) in [4.78, 5) is 23.4. The van der Waals surface area contributed by atoms with Crippen LogP contribution in [0, 0.1) is 10.8 Å². The molecule has 0 spiro atoms. The van der Waals surface area contributed by atoms with E-state index in [2.05, 4.69) is 17.6 Å². The zero-order valence-corrected chi connectivity index (χ0v) is 12.7. The molecule has 2 fully saturated rings. The van der Waals surface area contributed by atoms with Gasteiger partial charge in [0.2, 0.25) is 0 Å². The lowest BCUT2D eigenvalue weighted by atomic mass is 9.80. The SMILES string of the molecule is CC1(CNC(=O)NCC2(C(=O)O)CCOCC2)CCCC1. The Balaban J connectivity index is 1.78. The van der Waals surface area contributed by atoms with E-state index in [4.69, 9.17) is 4.74 Å². The van der Waals surface area contributed by atoms with Crippen LogP contribution in [0.5, 0.6) is 0 Å². The second-order valence-corrected chi connectivity index (χ2v) is 6.75. The van der Waals surface area contributed by atoms with E-state index >= 15 is 0 Å². The van der Waals surface area contributed by atoms with Gasteiger partial charge < -0.3 is 20.5 Å². The standard InChI is InChI=1S/C15H26N2O4/c1-14(4-2-3-5-14)10-16-13(20)17-11-15(12(18)19)6-8-21-9-7-15/h2-11H2,1H3,(H,18,19)(H2,16,17,20). The van der Waals surface area contributed by atoms with Crippen molar-refractivity contribution >= 4 is 12.0 Å². The number of carboxylic acid groups (broad SMARTS) is 1. The molecule has 6 heteroatoms. The molecule has 0 aromatic heterocycles. The molecule has 0 aromatic rings. The lowest BCUT2D eigenvalue weighted by Gasteiger charge is -2.33. The summed E-state index contributed by atoms with van der Waals surface area (Å²) < 4.78 is 5.22. The van der Waals surface area contributed by atoms with Crippen molar-refractivity contribution in [2.75, 3.05) is 26.3 Å². The number of rotatable bonds is 5. The van der Waals surface area contributed by atoms with Crippen molar-refractivity contribution in [1.82, 2.24) is 10.6 Å². The van der Waals surface area contributed by atoms with Gasteiger partial charge in [-0.1, -0.05) is 19.8 Å². The number of carbonyl (C=O) groups is 2. The van der Waals surface area contributed by atoms with Crippen molar-refractivity contribution in [1.29, 1.82) is 0 Å². The minimum absolute atomic E-state index is 0.161. The molecule has 2 rings (SSSR count). The van der Waals surface area contributed by atoms with Crippen LogP contribution in [0.3, 0.4) is 0 Å². The Kier molecular flexibility index (Phi) is 5.08. The molecule has 6 nitrogen and oxygen atoms in total. The maximum atomic E-state index is 11.9. The highest BCUT2D eigenvalue weighted by Crippen LogP contribution is 2.36. The summed E-state index contributed by atoms with van der Waals surface area (Å²) >= 11 is 0. The molecular weight excluding hydrogens is 272 g/mol. The Labute approximate surface area is 125 Å². The molecule has 1 saturated carbocycles. The first-order valence-corrected chi connectivity index (χ1v) is 7.79. The molecule has 1 saturated heterocycles. The van der Waals surface area contributed by atoms with Gasteiger partial charge in [0.15, 0.2) is 0 Å². The number of nitrogens with one attached hydrogen (secondary N) is 2. The molecule has 2 amide bonds. The van der Waals surface area contributed by atoms with E-state index in [0.717, 1.165) is 12.8 Å². The smallest absolute Gasteiger partial charge is 0.314 e. The number of amides is 2. The van der Waals surface area contributed by atoms with Crippen LogP contribution in [-0.2, 0) is 9.53 Å². The molecule has 120 valence electrons. The normalized spacial score (nSPS) is 23.5. The van der Waals surface area contributed by atoms with Gasteiger partial charge in [-0.15, -0.1) is 0 Å². The van der Waals surface area contributed by atoms with E-state index in [-0.39, 0.29) is 18.0 Å². The number of urea groups is 1. The van der Waals surface area contributed by atoms with Crippen molar-refractivity contribution < 1.29 is 19.4 Å². The van der Waals surface area contributed by atoms with E-state index in [1.807, 2.05) is 0 Å². The monoisotopic (exact) mass is 298 g/mol. The van der Waals surface area contributed by atoms with Crippen LogP contribution < -0.4 is 10.6 Å². The number of hydrogen-bond acceptors (Lipinski definition) is 3. The molecule has 21 heavy (non-hydrogen) atoms. The number of ether oxygens (including phenoxy) is 1. The van der Waals surface area contributed by atoms with E-state index in [0.29, 0.717) is 32.6 Å². The minimum Gasteiger partial charge on any atom is -0.481 e. The van der Waals surface area contributed by atoms with Gasteiger partial charge in [-0.3, -0.25) is 4.79 Å². The van der Waals surface area contributed by atoms with Gasteiger partial charge in [-0.2, -0.15) is 0 Å². The first-order chi connectivity index (χ1) is 9.96. The van der Waals surface area contributed by atoms with Gasteiger partial charge in [0.25, 0.3) is 0 Å². The second kappa shape index (κ2) is 6.64. The third-order valence-electron chi connectivity index (χ3n) is 4.98. The lowest BCUT2D eigenvalue weighted by molar-refractivity contribution is -0.154. The maximum Gasteiger partial charge on any atom is 0.314 e. The van der Waals surface area contributed by atoms with Gasteiger partial charge in [0.1, 0.15) is 0 Å². The Hall–Kier alpha value is -1.30. The van der Waals surface area contributed by atoms with Gasteiger partial charge in [-0.05, 0) is 31.1 Å². The summed E-state index contributed by atoms with van der Waals surface area (Å²) in [5.74, 6) is -0.853.